The summed E-state index contributed by atoms with van der Waals surface area (Å²) in [4.78, 5) is 38.5. The third-order valence-corrected chi connectivity index (χ3v) is 4.31. The summed E-state index contributed by atoms with van der Waals surface area (Å²) < 4.78 is 10.7. The van der Waals surface area contributed by atoms with Crippen LogP contribution in [0.4, 0.5) is 0 Å². The summed E-state index contributed by atoms with van der Waals surface area (Å²) >= 11 is 0. The lowest BCUT2D eigenvalue weighted by atomic mass is 9.95. The predicted octanol–water partition coefficient (Wildman–Crippen LogP) is 0.178. The standard InChI is InChI=1S/C15H24N2O5/c1-3-16-7-8-17(15(20)14(16)19)10-13(18)22-12-6-4-5-11(9-12)21-2/h11-12H,3-10H2,1-2H3/t11-,12-/m0/s1. The molecule has 1 saturated heterocycles. The van der Waals surface area contributed by atoms with Crippen LogP contribution in [0.1, 0.15) is 32.6 Å². The minimum Gasteiger partial charge on any atom is -0.461 e. The Kier molecular flexibility index (Phi) is 5.76. The number of ether oxygens (including phenoxy) is 2. The average molecular weight is 312 g/mol. The number of piperazine rings is 1. The summed E-state index contributed by atoms with van der Waals surface area (Å²) in [6.45, 7) is 3.01. The Morgan fingerprint density at radius 3 is 2.45 bits per heavy atom. The fourth-order valence-corrected chi connectivity index (χ4v) is 2.97. The summed E-state index contributed by atoms with van der Waals surface area (Å²) in [6.07, 6.45) is 3.43. The van der Waals surface area contributed by atoms with Crippen molar-refractivity contribution in [2.75, 3.05) is 33.3 Å². The summed E-state index contributed by atoms with van der Waals surface area (Å²) in [7, 11) is 1.66. The minimum atomic E-state index is -0.622. The van der Waals surface area contributed by atoms with Crippen LogP contribution in [-0.4, -0.2) is 73.1 Å². The maximum absolute atomic E-state index is 12.0. The molecule has 0 aromatic heterocycles. The van der Waals surface area contributed by atoms with Gasteiger partial charge < -0.3 is 19.3 Å². The number of hydrogen-bond acceptors (Lipinski definition) is 5. The number of hydrogen-bond donors (Lipinski definition) is 0. The number of esters is 1. The number of methoxy groups -OCH3 is 1. The molecule has 1 heterocycles. The van der Waals surface area contributed by atoms with E-state index in [1.807, 2.05) is 6.92 Å². The number of rotatable bonds is 5. The Hall–Kier alpha value is -1.63. The summed E-state index contributed by atoms with van der Waals surface area (Å²) in [6, 6.07) is 0. The second kappa shape index (κ2) is 7.58. The van der Waals surface area contributed by atoms with Crippen LogP contribution < -0.4 is 0 Å². The van der Waals surface area contributed by atoms with Gasteiger partial charge in [0.2, 0.25) is 0 Å². The molecule has 0 aromatic carbocycles. The highest BCUT2D eigenvalue weighted by Crippen LogP contribution is 2.23. The van der Waals surface area contributed by atoms with E-state index >= 15 is 0 Å². The second-order valence-electron chi connectivity index (χ2n) is 5.75. The molecule has 7 nitrogen and oxygen atoms in total. The monoisotopic (exact) mass is 312 g/mol. The van der Waals surface area contributed by atoms with Gasteiger partial charge >= 0.3 is 17.8 Å². The third-order valence-electron chi connectivity index (χ3n) is 4.31. The Bertz CT molecular complexity index is 440. The third kappa shape index (κ3) is 3.97. The van der Waals surface area contributed by atoms with Gasteiger partial charge in [-0.1, -0.05) is 0 Å². The molecule has 2 aliphatic rings. The largest absolute Gasteiger partial charge is 0.461 e. The van der Waals surface area contributed by atoms with Gasteiger partial charge in [0, 0.05) is 33.2 Å². The topological polar surface area (TPSA) is 76.2 Å². The number of carbonyl (C=O) groups excluding carboxylic acids is 3. The van der Waals surface area contributed by atoms with Crippen molar-refractivity contribution < 1.29 is 23.9 Å². The fourth-order valence-electron chi connectivity index (χ4n) is 2.97. The molecule has 2 rings (SSSR count). The van der Waals surface area contributed by atoms with E-state index in [0.717, 1.165) is 19.3 Å². The zero-order valence-corrected chi connectivity index (χ0v) is 13.2. The summed E-state index contributed by atoms with van der Waals surface area (Å²) in [5.74, 6) is -1.62. The Labute approximate surface area is 130 Å². The van der Waals surface area contributed by atoms with Crippen molar-refractivity contribution >= 4 is 17.8 Å². The van der Waals surface area contributed by atoms with Crippen molar-refractivity contribution in [2.24, 2.45) is 0 Å². The zero-order valence-electron chi connectivity index (χ0n) is 13.2. The molecule has 2 atom stereocenters. The van der Waals surface area contributed by atoms with E-state index in [1.54, 1.807) is 7.11 Å². The molecule has 0 spiro atoms. The van der Waals surface area contributed by atoms with Gasteiger partial charge in [-0.2, -0.15) is 0 Å². The fraction of sp³-hybridized carbons (Fsp3) is 0.800. The van der Waals surface area contributed by atoms with Crippen LogP contribution in [0, 0.1) is 0 Å². The molecule has 0 bridgehead atoms. The molecule has 1 saturated carbocycles. The minimum absolute atomic E-state index is 0.128. The molecule has 1 aliphatic carbocycles. The van der Waals surface area contributed by atoms with Crippen LogP contribution in [0.25, 0.3) is 0 Å². The molecular weight excluding hydrogens is 288 g/mol. The first-order valence-corrected chi connectivity index (χ1v) is 7.85. The van der Waals surface area contributed by atoms with E-state index in [9.17, 15) is 14.4 Å². The lowest BCUT2D eigenvalue weighted by Crippen LogP contribution is -2.55. The SMILES string of the molecule is CCN1CCN(CC(=O)O[C@H]2CCC[C@H](OC)C2)C(=O)C1=O. The molecule has 124 valence electrons. The molecule has 0 radical (unpaired) electrons. The molecule has 22 heavy (non-hydrogen) atoms. The highest BCUT2D eigenvalue weighted by atomic mass is 16.5. The molecule has 7 heteroatoms. The Balaban J connectivity index is 1.82. The lowest BCUT2D eigenvalue weighted by molar-refractivity contribution is -0.162. The number of nitrogens with zero attached hydrogens (tertiary/aromatic N) is 2. The van der Waals surface area contributed by atoms with E-state index in [2.05, 4.69) is 0 Å². The van der Waals surface area contributed by atoms with Gasteiger partial charge in [0.05, 0.1) is 6.10 Å². The first-order chi connectivity index (χ1) is 10.5. The van der Waals surface area contributed by atoms with Crippen LogP contribution in [0.2, 0.25) is 0 Å². The maximum atomic E-state index is 12.0. The molecule has 0 unspecified atom stereocenters. The van der Waals surface area contributed by atoms with Crippen LogP contribution in [0.5, 0.6) is 0 Å². The van der Waals surface area contributed by atoms with Crippen molar-refractivity contribution in [3.8, 4) is 0 Å². The molecule has 2 fully saturated rings. The molecule has 1 aliphatic heterocycles. The first-order valence-electron chi connectivity index (χ1n) is 7.85. The van der Waals surface area contributed by atoms with Crippen LogP contribution >= 0.6 is 0 Å². The Morgan fingerprint density at radius 2 is 1.77 bits per heavy atom. The van der Waals surface area contributed by atoms with E-state index in [-0.39, 0.29) is 18.8 Å². The van der Waals surface area contributed by atoms with Gasteiger partial charge in [-0.25, -0.2) is 0 Å². The highest BCUT2D eigenvalue weighted by Gasteiger charge is 2.33. The van der Waals surface area contributed by atoms with E-state index in [4.69, 9.17) is 9.47 Å². The van der Waals surface area contributed by atoms with Gasteiger partial charge in [0.1, 0.15) is 12.6 Å². The molecule has 0 N–H and O–H groups in total. The van der Waals surface area contributed by atoms with Gasteiger partial charge in [-0.3, -0.25) is 14.4 Å². The lowest BCUT2D eigenvalue weighted by Gasteiger charge is -2.33. The molecule has 2 amide bonds. The zero-order chi connectivity index (χ0) is 16.1. The summed E-state index contributed by atoms with van der Waals surface area (Å²) in [5, 5.41) is 0. The smallest absolute Gasteiger partial charge is 0.325 e. The second-order valence-corrected chi connectivity index (χ2v) is 5.75. The van der Waals surface area contributed by atoms with Crippen molar-refractivity contribution in [3.05, 3.63) is 0 Å². The van der Waals surface area contributed by atoms with Crippen molar-refractivity contribution in [1.82, 2.24) is 9.80 Å². The van der Waals surface area contributed by atoms with E-state index < -0.39 is 17.8 Å². The first kappa shape index (κ1) is 16.7. The van der Waals surface area contributed by atoms with Gasteiger partial charge in [-0.15, -0.1) is 0 Å². The average Bonchev–Trinajstić information content (AvgIpc) is 2.52. The van der Waals surface area contributed by atoms with Crippen molar-refractivity contribution in [1.29, 1.82) is 0 Å². The van der Waals surface area contributed by atoms with Crippen molar-refractivity contribution in [2.45, 2.75) is 44.8 Å². The maximum Gasteiger partial charge on any atom is 0.325 e. The number of likely N-dealkylation sites (N-methyl/N-ethyl adjacent to an activating group) is 1. The van der Waals surface area contributed by atoms with Gasteiger partial charge in [0.15, 0.2) is 0 Å². The predicted molar refractivity (Wildman–Crippen MR) is 78.0 cm³/mol. The van der Waals surface area contributed by atoms with Crippen molar-refractivity contribution in [3.63, 3.8) is 0 Å². The van der Waals surface area contributed by atoms with Gasteiger partial charge in [0.25, 0.3) is 0 Å². The number of amides is 2. The highest BCUT2D eigenvalue weighted by molar-refractivity contribution is 6.35. The Morgan fingerprint density at radius 1 is 1.14 bits per heavy atom. The quantitative estimate of drug-likeness (QED) is 0.534. The normalized spacial score (nSPS) is 26.3. The van der Waals surface area contributed by atoms with Crippen LogP contribution in [-0.2, 0) is 23.9 Å². The van der Waals surface area contributed by atoms with Crippen LogP contribution in [0.3, 0.4) is 0 Å². The van der Waals surface area contributed by atoms with E-state index in [0.29, 0.717) is 26.1 Å². The van der Waals surface area contributed by atoms with E-state index in [1.165, 1.54) is 9.80 Å². The number of carbonyl (C=O) groups is 3. The van der Waals surface area contributed by atoms with Gasteiger partial charge in [-0.05, 0) is 26.2 Å². The van der Waals surface area contributed by atoms with Crippen LogP contribution in [0.15, 0.2) is 0 Å². The molecule has 0 aromatic rings. The summed E-state index contributed by atoms with van der Waals surface area (Å²) in [5.41, 5.74) is 0. The molecular formula is C15H24N2O5.